The fourth-order valence-electron chi connectivity index (χ4n) is 3.39. The summed E-state index contributed by atoms with van der Waals surface area (Å²) in [5.41, 5.74) is 8.30. The van der Waals surface area contributed by atoms with Crippen LogP contribution in [0.25, 0.3) is 0 Å². The Bertz CT molecular complexity index is 493. The van der Waals surface area contributed by atoms with Gasteiger partial charge < -0.3 is 10.6 Å². The van der Waals surface area contributed by atoms with Crippen molar-refractivity contribution in [3.63, 3.8) is 0 Å². The highest BCUT2D eigenvalue weighted by atomic mass is 16.2. The van der Waals surface area contributed by atoms with E-state index >= 15 is 0 Å². The Kier molecular flexibility index (Phi) is 3.09. The molecule has 3 heteroatoms. The number of benzene rings is 1. The molecule has 1 saturated carbocycles. The Labute approximate surface area is 114 Å². The molecule has 1 fully saturated rings. The molecule has 2 N–H and O–H groups in total. The topological polar surface area (TPSA) is 46.3 Å². The van der Waals surface area contributed by atoms with Gasteiger partial charge in [-0.25, -0.2) is 0 Å². The number of nitrogens with two attached hydrogens (primary N) is 1. The Morgan fingerprint density at radius 3 is 2.74 bits per heavy atom. The molecule has 0 aliphatic heterocycles. The maximum absolute atomic E-state index is 12.6. The summed E-state index contributed by atoms with van der Waals surface area (Å²) in [6.45, 7) is 0. The monoisotopic (exact) mass is 258 g/mol. The summed E-state index contributed by atoms with van der Waals surface area (Å²) < 4.78 is 0. The van der Waals surface area contributed by atoms with E-state index < -0.39 is 5.54 Å². The molecule has 19 heavy (non-hydrogen) atoms. The lowest BCUT2D eigenvalue weighted by Crippen LogP contribution is -2.59. The number of carbonyl (C=O) groups is 1. The van der Waals surface area contributed by atoms with E-state index in [2.05, 4.69) is 24.3 Å². The molecular weight excluding hydrogens is 236 g/mol. The van der Waals surface area contributed by atoms with Crippen LogP contribution in [-0.2, 0) is 11.2 Å². The van der Waals surface area contributed by atoms with Crippen LogP contribution >= 0.6 is 0 Å². The van der Waals surface area contributed by atoms with Gasteiger partial charge in [-0.2, -0.15) is 0 Å². The minimum absolute atomic E-state index is 0.125. The van der Waals surface area contributed by atoms with E-state index in [1.165, 1.54) is 11.1 Å². The molecule has 2 aliphatic rings. The quantitative estimate of drug-likeness (QED) is 0.885. The lowest BCUT2D eigenvalue weighted by atomic mass is 9.76. The van der Waals surface area contributed by atoms with Crippen LogP contribution in [0.2, 0.25) is 0 Å². The normalized spacial score (nSPS) is 24.2. The molecule has 1 atom stereocenters. The van der Waals surface area contributed by atoms with Gasteiger partial charge in [0, 0.05) is 7.05 Å². The number of hydrogen-bond donors (Lipinski definition) is 1. The molecule has 102 valence electrons. The van der Waals surface area contributed by atoms with Crippen molar-refractivity contribution in [2.45, 2.75) is 50.1 Å². The Morgan fingerprint density at radius 2 is 2.05 bits per heavy atom. The average molecular weight is 258 g/mol. The van der Waals surface area contributed by atoms with Gasteiger partial charge in [0.1, 0.15) is 0 Å². The standard InChI is InChI=1S/C16H22N2O/c1-18(15(19)16(17)10-5-11-16)14-9-4-7-12-6-2-3-8-13(12)14/h2-3,6,8,14H,4-5,7,9-11,17H2,1H3. The third-order valence-corrected chi connectivity index (χ3v) is 4.80. The highest BCUT2D eigenvalue weighted by Crippen LogP contribution is 2.37. The lowest BCUT2D eigenvalue weighted by Gasteiger charge is -2.43. The molecule has 0 aromatic heterocycles. The number of nitrogens with zero attached hydrogens (tertiary/aromatic N) is 1. The molecule has 2 aliphatic carbocycles. The van der Waals surface area contributed by atoms with Crippen LogP contribution in [0.4, 0.5) is 0 Å². The minimum Gasteiger partial charge on any atom is -0.337 e. The predicted molar refractivity (Wildman–Crippen MR) is 75.7 cm³/mol. The van der Waals surface area contributed by atoms with Gasteiger partial charge in [0.25, 0.3) is 0 Å². The zero-order chi connectivity index (χ0) is 13.5. The molecule has 1 unspecified atom stereocenters. The van der Waals surface area contributed by atoms with Crippen molar-refractivity contribution >= 4 is 5.91 Å². The summed E-state index contributed by atoms with van der Waals surface area (Å²) in [7, 11) is 1.92. The zero-order valence-electron chi connectivity index (χ0n) is 11.6. The van der Waals surface area contributed by atoms with Gasteiger partial charge in [-0.3, -0.25) is 4.79 Å². The van der Waals surface area contributed by atoms with Gasteiger partial charge in [-0.05, 0) is 49.7 Å². The second-order valence-corrected chi connectivity index (χ2v) is 6.03. The Hall–Kier alpha value is -1.35. The van der Waals surface area contributed by atoms with Crippen molar-refractivity contribution in [2.24, 2.45) is 5.73 Å². The highest BCUT2D eigenvalue weighted by molar-refractivity contribution is 5.87. The van der Waals surface area contributed by atoms with Gasteiger partial charge in [-0.15, -0.1) is 0 Å². The minimum atomic E-state index is -0.582. The van der Waals surface area contributed by atoms with Crippen molar-refractivity contribution in [3.8, 4) is 0 Å². The molecule has 0 heterocycles. The van der Waals surface area contributed by atoms with Gasteiger partial charge >= 0.3 is 0 Å². The largest absolute Gasteiger partial charge is 0.337 e. The van der Waals surface area contributed by atoms with Crippen molar-refractivity contribution in [3.05, 3.63) is 35.4 Å². The first kappa shape index (κ1) is 12.7. The van der Waals surface area contributed by atoms with E-state index in [-0.39, 0.29) is 11.9 Å². The van der Waals surface area contributed by atoms with Crippen LogP contribution in [0.3, 0.4) is 0 Å². The van der Waals surface area contributed by atoms with E-state index in [0.717, 1.165) is 38.5 Å². The smallest absolute Gasteiger partial charge is 0.242 e. The summed E-state index contributed by atoms with van der Waals surface area (Å²) in [5.74, 6) is 0.125. The molecule has 0 bridgehead atoms. The van der Waals surface area contributed by atoms with Crippen LogP contribution in [0, 0.1) is 0 Å². The van der Waals surface area contributed by atoms with Gasteiger partial charge in [0.2, 0.25) is 5.91 Å². The van der Waals surface area contributed by atoms with E-state index in [1.807, 2.05) is 11.9 Å². The maximum atomic E-state index is 12.6. The maximum Gasteiger partial charge on any atom is 0.242 e. The summed E-state index contributed by atoms with van der Waals surface area (Å²) in [5, 5.41) is 0. The Morgan fingerprint density at radius 1 is 1.32 bits per heavy atom. The first-order valence-corrected chi connectivity index (χ1v) is 7.26. The van der Waals surface area contributed by atoms with Gasteiger partial charge in [0.05, 0.1) is 11.6 Å². The predicted octanol–water partition coefficient (Wildman–Crippen LogP) is 2.40. The summed E-state index contributed by atoms with van der Waals surface area (Å²) in [6, 6.07) is 8.70. The fraction of sp³-hybridized carbons (Fsp3) is 0.562. The number of carbonyl (C=O) groups excluding carboxylic acids is 1. The van der Waals surface area contributed by atoms with E-state index in [1.54, 1.807) is 0 Å². The zero-order valence-corrected chi connectivity index (χ0v) is 11.6. The van der Waals surface area contributed by atoms with Crippen LogP contribution < -0.4 is 5.73 Å². The van der Waals surface area contributed by atoms with Crippen molar-refractivity contribution in [1.29, 1.82) is 0 Å². The number of fused-ring (bicyclic) bond motifs is 1. The van der Waals surface area contributed by atoms with Crippen molar-refractivity contribution in [2.75, 3.05) is 7.05 Å². The van der Waals surface area contributed by atoms with E-state index in [9.17, 15) is 4.79 Å². The van der Waals surface area contributed by atoms with Crippen molar-refractivity contribution < 1.29 is 4.79 Å². The summed E-state index contributed by atoms with van der Waals surface area (Å²) in [4.78, 5) is 14.5. The molecule has 3 rings (SSSR count). The number of aryl methyl sites for hydroxylation is 1. The first-order chi connectivity index (χ1) is 9.12. The molecule has 0 spiro atoms. The summed E-state index contributed by atoms with van der Waals surface area (Å²) in [6.07, 6.45) is 6.08. The molecule has 1 aromatic carbocycles. The van der Waals surface area contributed by atoms with Gasteiger partial charge in [-0.1, -0.05) is 24.3 Å². The number of likely N-dealkylation sites (N-methyl/N-ethyl adjacent to an activating group) is 1. The second kappa shape index (κ2) is 4.64. The molecule has 0 saturated heterocycles. The van der Waals surface area contributed by atoms with E-state index in [0.29, 0.717) is 0 Å². The molecule has 3 nitrogen and oxygen atoms in total. The van der Waals surface area contributed by atoms with Crippen LogP contribution in [0.15, 0.2) is 24.3 Å². The molecule has 0 radical (unpaired) electrons. The highest BCUT2D eigenvalue weighted by Gasteiger charge is 2.43. The molecule has 1 amide bonds. The van der Waals surface area contributed by atoms with Crippen LogP contribution in [0.5, 0.6) is 0 Å². The third kappa shape index (κ3) is 2.06. The van der Waals surface area contributed by atoms with E-state index in [4.69, 9.17) is 5.73 Å². The third-order valence-electron chi connectivity index (χ3n) is 4.80. The average Bonchev–Trinajstić information content (AvgIpc) is 2.42. The summed E-state index contributed by atoms with van der Waals surface area (Å²) >= 11 is 0. The first-order valence-electron chi connectivity index (χ1n) is 7.26. The fourth-order valence-corrected chi connectivity index (χ4v) is 3.39. The van der Waals surface area contributed by atoms with Crippen LogP contribution in [-0.4, -0.2) is 23.4 Å². The second-order valence-electron chi connectivity index (χ2n) is 6.03. The lowest BCUT2D eigenvalue weighted by molar-refractivity contribution is -0.141. The van der Waals surface area contributed by atoms with Gasteiger partial charge in [0.15, 0.2) is 0 Å². The SMILES string of the molecule is CN(C(=O)C1(N)CCC1)C1CCCc2ccccc21. The number of hydrogen-bond acceptors (Lipinski definition) is 2. The molecular formula is C16H22N2O. The number of rotatable bonds is 2. The molecule has 1 aromatic rings. The van der Waals surface area contributed by atoms with Crippen LogP contribution in [0.1, 0.15) is 49.3 Å². The Balaban J connectivity index is 1.85. The number of amides is 1. The van der Waals surface area contributed by atoms with Crippen molar-refractivity contribution in [1.82, 2.24) is 4.90 Å².